The van der Waals surface area contributed by atoms with Gasteiger partial charge in [-0.25, -0.2) is 18.4 Å². The van der Waals surface area contributed by atoms with Crippen molar-refractivity contribution >= 4 is 17.9 Å². The standard InChI is InChI=1S/C19H29F2N3O4/c1-17(2,3)27-16(26)24-8-6-18(7-9-24,13-4-5-13)15(22)23-28-14(25)12-10-19(20,21)11-12/h12-13H,4-11H2,1-3H3,(H2,22,23). The number of ether oxygens (including phenoxy) is 1. The van der Waals surface area contributed by atoms with Crippen molar-refractivity contribution in [2.75, 3.05) is 13.1 Å². The number of alkyl halides is 2. The molecule has 7 nitrogen and oxygen atoms in total. The van der Waals surface area contributed by atoms with Crippen molar-refractivity contribution < 1.29 is 27.9 Å². The summed E-state index contributed by atoms with van der Waals surface area (Å²) < 4.78 is 31.2. The first kappa shape index (κ1) is 20.8. The number of amidine groups is 1. The van der Waals surface area contributed by atoms with Gasteiger partial charge in [0, 0.05) is 31.3 Å². The third kappa shape index (κ3) is 4.55. The quantitative estimate of drug-likeness (QED) is 0.338. The van der Waals surface area contributed by atoms with Gasteiger partial charge in [0.05, 0.1) is 5.92 Å². The monoisotopic (exact) mass is 401 g/mol. The van der Waals surface area contributed by atoms with Crippen LogP contribution in [0, 0.1) is 17.3 Å². The third-order valence-corrected chi connectivity index (χ3v) is 5.83. The summed E-state index contributed by atoms with van der Waals surface area (Å²) in [5.74, 6) is -3.81. The van der Waals surface area contributed by atoms with Gasteiger partial charge in [-0.2, -0.15) is 0 Å². The van der Waals surface area contributed by atoms with E-state index in [9.17, 15) is 18.4 Å². The molecule has 0 unspecified atom stereocenters. The Morgan fingerprint density at radius 2 is 1.71 bits per heavy atom. The van der Waals surface area contributed by atoms with Crippen molar-refractivity contribution in [2.24, 2.45) is 28.1 Å². The number of carbonyl (C=O) groups excluding carboxylic acids is 2. The Labute approximate surface area is 163 Å². The van der Waals surface area contributed by atoms with E-state index >= 15 is 0 Å². The van der Waals surface area contributed by atoms with E-state index in [1.165, 1.54) is 0 Å². The molecule has 0 radical (unpaired) electrons. The van der Waals surface area contributed by atoms with Gasteiger partial charge in [-0.05, 0) is 52.4 Å². The summed E-state index contributed by atoms with van der Waals surface area (Å²) in [4.78, 5) is 30.7. The SMILES string of the molecule is CC(C)(C)OC(=O)N1CCC(/C(N)=N/OC(=O)C2CC(F)(F)C2)(C2CC2)CC1. The topological polar surface area (TPSA) is 94.2 Å². The van der Waals surface area contributed by atoms with Gasteiger partial charge in [-0.3, -0.25) is 0 Å². The molecule has 1 aliphatic heterocycles. The molecule has 28 heavy (non-hydrogen) atoms. The summed E-state index contributed by atoms with van der Waals surface area (Å²) in [6.07, 6.45) is 1.86. The summed E-state index contributed by atoms with van der Waals surface area (Å²) in [5, 5.41) is 3.83. The van der Waals surface area contributed by atoms with E-state index in [1.807, 2.05) is 20.8 Å². The fourth-order valence-electron chi connectivity index (χ4n) is 4.01. The Morgan fingerprint density at radius 3 is 2.18 bits per heavy atom. The minimum Gasteiger partial charge on any atom is -0.444 e. The molecule has 3 rings (SSSR count). The smallest absolute Gasteiger partial charge is 0.410 e. The Kier molecular flexibility index (Phi) is 5.31. The largest absolute Gasteiger partial charge is 0.444 e. The van der Waals surface area contributed by atoms with E-state index < -0.39 is 41.7 Å². The molecule has 0 spiro atoms. The van der Waals surface area contributed by atoms with Gasteiger partial charge in [0.1, 0.15) is 11.4 Å². The fourth-order valence-corrected chi connectivity index (χ4v) is 4.01. The second-order valence-corrected chi connectivity index (χ2v) is 9.25. The van der Waals surface area contributed by atoms with Crippen LogP contribution in [-0.4, -0.2) is 47.4 Å². The summed E-state index contributed by atoms with van der Waals surface area (Å²) in [6, 6.07) is 0. The third-order valence-electron chi connectivity index (χ3n) is 5.83. The lowest BCUT2D eigenvalue weighted by Gasteiger charge is -2.41. The molecule has 9 heteroatoms. The number of amides is 1. The maximum atomic E-state index is 12.9. The zero-order chi connectivity index (χ0) is 20.7. The Bertz CT molecular complexity index is 655. The van der Waals surface area contributed by atoms with E-state index in [1.54, 1.807) is 4.90 Å². The molecule has 0 atom stereocenters. The number of oxime groups is 1. The molecule has 3 aliphatic rings. The van der Waals surface area contributed by atoms with Gasteiger partial charge < -0.3 is 20.2 Å². The summed E-state index contributed by atoms with van der Waals surface area (Å²) in [7, 11) is 0. The molecule has 0 aromatic heterocycles. The van der Waals surface area contributed by atoms with Crippen molar-refractivity contribution in [3.05, 3.63) is 0 Å². The molecule has 1 saturated heterocycles. The summed E-state index contributed by atoms with van der Waals surface area (Å²) >= 11 is 0. The highest BCUT2D eigenvalue weighted by atomic mass is 19.3. The molecule has 0 aromatic carbocycles. The fraction of sp³-hybridized carbons (Fsp3) is 0.842. The van der Waals surface area contributed by atoms with Crippen molar-refractivity contribution in [1.82, 2.24) is 4.90 Å². The number of piperidine rings is 1. The normalized spacial score (nSPS) is 25.0. The van der Waals surface area contributed by atoms with Crippen molar-refractivity contribution in [1.29, 1.82) is 0 Å². The van der Waals surface area contributed by atoms with Gasteiger partial charge in [0.2, 0.25) is 5.92 Å². The van der Waals surface area contributed by atoms with Gasteiger partial charge in [-0.1, -0.05) is 5.16 Å². The number of likely N-dealkylation sites (tertiary alicyclic amines) is 1. The Morgan fingerprint density at radius 1 is 1.14 bits per heavy atom. The second kappa shape index (κ2) is 7.15. The van der Waals surface area contributed by atoms with Gasteiger partial charge in [0.25, 0.3) is 0 Å². The summed E-state index contributed by atoms with van der Waals surface area (Å²) in [5.41, 5.74) is 5.21. The first-order chi connectivity index (χ1) is 12.9. The predicted molar refractivity (Wildman–Crippen MR) is 97.6 cm³/mol. The molecule has 0 bridgehead atoms. The number of halogens is 2. The van der Waals surface area contributed by atoms with Crippen LogP contribution in [0.25, 0.3) is 0 Å². The lowest BCUT2D eigenvalue weighted by molar-refractivity contribution is -0.172. The van der Waals surface area contributed by atoms with E-state index in [4.69, 9.17) is 15.3 Å². The lowest BCUT2D eigenvalue weighted by atomic mass is 9.73. The van der Waals surface area contributed by atoms with Crippen LogP contribution in [0.2, 0.25) is 0 Å². The molecule has 2 aliphatic carbocycles. The maximum Gasteiger partial charge on any atom is 0.410 e. The zero-order valence-electron chi connectivity index (χ0n) is 16.7. The number of carbonyl (C=O) groups is 2. The highest BCUT2D eigenvalue weighted by molar-refractivity contribution is 5.88. The second-order valence-electron chi connectivity index (χ2n) is 9.25. The van der Waals surface area contributed by atoms with Crippen LogP contribution in [0.15, 0.2) is 5.16 Å². The molecule has 3 fully saturated rings. The number of nitrogens with zero attached hydrogens (tertiary/aromatic N) is 2. The van der Waals surface area contributed by atoms with E-state index in [0.29, 0.717) is 31.8 Å². The van der Waals surface area contributed by atoms with Crippen LogP contribution in [0.5, 0.6) is 0 Å². The van der Waals surface area contributed by atoms with Gasteiger partial charge in [0.15, 0.2) is 0 Å². The van der Waals surface area contributed by atoms with Crippen molar-refractivity contribution in [2.45, 2.75) is 70.8 Å². The lowest BCUT2D eigenvalue weighted by Crippen LogP contribution is -2.51. The number of nitrogens with two attached hydrogens (primary N) is 1. The van der Waals surface area contributed by atoms with Crippen LogP contribution in [0.1, 0.15) is 59.3 Å². The number of hydrogen-bond donors (Lipinski definition) is 1. The molecular formula is C19H29F2N3O4. The number of rotatable bonds is 4. The Balaban J connectivity index is 1.59. The molecule has 2 N–H and O–H groups in total. The van der Waals surface area contributed by atoms with Crippen molar-refractivity contribution in [3.8, 4) is 0 Å². The highest BCUT2D eigenvalue weighted by Crippen LogP contribution is 2.52. The first-order valence-electron chi connectivity index (χ1n) is 9.82. The van der Waals surface area contributed by atoms with Gasteiger partial charge >= 0.3 is 12.1 Å². The van der Waals surface area contributed by atoms with Crippen LogP contribution >= 0.6 is 0 Å². The Hall–Kier alpha value is -1.93. The summed E-state index contributed by atoms with van der Waals surface area (Å²) in [6.45, 7) is 6.41. The van der Waals surface area contributed by atoms with E-state index in [0.717, 1.165) is 12.8 Å². The average molecular weight is 401 g/mol. The highest BCUT2D eigenvalue weighted by Gasteiger charge is 2.52. The molecular weight excluding hydrogens is 372 g/mol. The van der Waals surface area contributed by atoms with E-state index in [2.05, 4.69) is 5.16 Å². The zero-order valence-corrected chi connectivity index (χ0v) is 16.7. The minimum atomic E-state index is -2.79. The van der Waals surface area contributed by atoms with Crippen LogP contribution < -0.4 is 5.73 Å². The van der Waals surface area contributed by atoms with Crippen LogP contribution in [0.3, 0.4) is 0 Å². The molecule has 0 aromatic rings. The molecule has 2 saturated carbocycles. The minimum absolute atomic E-state index is 0.221. The van der Waals surface area contributed by atoms with Crippen molar-refractivity contribution in [3.63, 3.8) is 0 Å². The maximum absolute atomic E-state index is 12.9. The molecule has 158 valence electrons. The van der Waals surface area contributed by atoms with Gasteiger partial charge in [-0.15, -0.1) is 0 Å². The average Bonchev–Trinajstić information content (AvgIpc) is 3.41. The predicted octanol–water partition coefficient (Wildman–Crippen LogP) is 3.27. The molecule has 1 amide bonds. The number of hydrogen-bond acceptors (Lipinski definition) is 5. The van der Waals surface area contributed by atoms with Crippen LogP contribution in [0.4, 0.5) is 13.6 Å². The van der Waals surface area contributed by atoms with Crippen LogP contribution in [-0.2, 0) is 14.4 Å². The molecule has 1 heterocycles. The van der Waals surface area contributed by atoms with E-state index in [-0.39, 0.29) is 11.9 Å². The first-order valence-corrected chi connectivity index (χ1v) is 9.82.